The maximum atomic E-state index is 5.97. The van der Waals surface area contributed by atoms with Gasteiger partial charge in [0.15, 0.2) is 0 Å². The summed E-state index contributed by atoms with van der Waals surface area (Å²) in [7, 11) is 0. The highest BCUT2D eigenvalue weighted by Gasteiger charge is 2.11. The highest BCUT2D eigenvalue weighted by molar-refractivity contribution is 6.17. The lowest BCUT2D eigenvalue weighted by Crippen LogP contribution is -2.03. The quantitative estimate of drug-likeness (QED) is 0.648. The van der Waals surface area contributed by atoms with Crippen LogP contribution in [0.1, 0.15) is 50.3 Å². The topological polar surface area (TPSA) is 0 Å². The highest BCUT2D eigenvalue weighted by atomic mass is 35.5. The molecule has 1 unspecified atom stereocenters. The average molecular weight is 225 g/mol. The molecule has 0 saturated heterocycles. The molecule has 0 bridgehead atoms. The van der Waals surface area contributed by atoms with E-state index in [1.807, 2.05) is 0 Å². The molecule has 0 nitrogen and oxygen atoms in total. The van der Waals surface area contributed by atoms with Crippen molar-refractivity contribution >= 4 is 11.6 Å². The Bertz CT molecular complexity index is 315. The van der Waals surface area contributed by atoms with Gasteiger partial charge in [0.25, 0.3) is 0 Å². The fraction of sp³-hybridized carbons (Fsp3) is 0.571. The summed E-state index contributed by atoms with van der Waals surface area (Å²) in [6.45, 7) is 8.98. The first-order chi connectivity index (χ1) is 7.10. The van der Waals surface area contributed by atoms with E-state index in [2.05, 4.69) is 45.9 Å². The number of alkyl halides is 1. The number of rotatable bonds is 4. The monoisotopic (exact) mass is 224 g/mol. The molecule has 0 amide bonds. The van der Waals surface area contributed by atoms with Crippen molar-refractivity contribution < 1.29 is 0 Å². The molecule has 0 aromatic heterocycles. The van der Waals surface area contributed by atoms with Crippen LogP contribution in [0, 0.1) is 5.92 Å². The van der Waals surface area contributed by atoms with Crippen LogP contribution >= 0.6 is 11.6 Å². The van der Waals surface area contributed by atoms with Crippen LogP contribution in [0.3, 0.4) is 0 Å². The summed E-state index contributed by atoms with van der Waals surface area (Å²) in [6, 6.07) is 6.75. The molecule has 0 radical (unpaired) electrons. The molecule has 0 N–H and O–H groups in total. The first kappa shape index (κ1) is 12.6. The lowest BCUT2D eigenvalue weighted by molar-refractivity contribution is 0.534. The van der Waals surface area contributed by atoms with Gasteiger partial charge in [-0.3, -0.25) is 0 Å². The Balaban J connectivity index is 3.02. The molecule has 1 rings (SSSR count). The Kier molecular flexibility index (Phi) is 4.66. The third-order valence-corrected chi connectivity index (χ3v) is 3.57. The van der Waals surface area contributed by atoms with Crippen molar-refractivity contribution in [3.05, 3.63) is 34.9 Å². The van der Waals surface area contributed by atoms with Crippen LogP contribution in [0.5, 0.6) is 0 Å². The molecule has 1 aromatic carbocycles. The summed E-state index contributed by atoms with van der Waals surface area (Å²) < 4.78 is 0. The predicted octanol–water partition coefficient (Wildman–Crippen LogP) is 4.75. The third kappa shape index (κ3) is 2.98. The minimum absolute atomic E-state index is 0.609. The van der Waals surface area contributed by atoms with E-state index in [1.165, 1.54) is 16.7 Å². The first-order valence-corrected chi connectivity index (χ1v) is 6.31. The van der Waals surface area contributed by atoms with Crippen molar-refractivity contribution in [1.29, 1.82) is 0 Å². The summed E-state index contributed by atoms with van der Waals surface area (Å²) in [5, 5.41) is 0. The maximum Gasteiger partial charge on any atom is 0.0476 e. The second-order valence-electron chi connectivity index (χ2n) is 4.55. The zero-order chi connectivity index (χ0) is 11.4. The summed E-state index contributed by atoms with van der Waals surface area (Å²) in [5.41, 5.74) is 4.09. The van der Waals surface area contributed by atoms with E-state index in [-0.39, 0.29) is 0 Å². The average Bonchev–Trinajstić information content (AvgIpc) is 2.26. The van der Waals surface area contributed by atoms with Gasteiger partial charge in [-0.05, 0) is 34.9 Å². The van der Waals surface area contributed by atoms with Crippen LogP contribution < -0.4 is 0 Å². The van der Waals surface area contributed by atoms with Crippen LogP contribution in [0.25, 0.3) is 0 Å². The van der Waals surface area contributed by atoms with Gasteiger partial charge in [0.2, 0.25) is 0 Å². The molecule has 1 aromatic rings. The van der Waals surface area contributed by atoms with E-state index in [0.717, 1.165) is 6.42 Å². The fourth-order valence-electron chi connectivity index (χ4n) is 1.78. The third-order valence-electron chi connectivity index (χ3n) is 3.28. The van der Waals surface area contributed by atoms with Crippen LogP contribution in [-0.4, -0.2) is 0 Å². The summed E-state index contributed by atoms with van der Waals surface area (Å²) in [5.74, 6) is 1.92. The second kappa shape index (κ2) is 5.55. The van der Waals surface area contributed by atoms with Gasteiger partial charge in [0, 0.05) is 5.88 Å². The largest absolute Gasteiger partial charge is 0.122 e. The molecule has 1 atom stereocenters. The number of hydrogen-bond donors (Lipinski definition) is 0. The Morgan fingerprint density at radius 2 is 1.80 bits per heavy atom. The Labute approximate surface area is 98.7 Å². The number of benzene rings is 1. The fourth-order valence-corrected chi connectivity index (χ4v) is 2.03. The molecule has 0 fully saturated rings. The lowest BCUT2D eigenvalue weighted by Gasteiger charge is -2.18. The van der Waals surface area contributed by atoms with Crippen molar-refractivity contribution in [3.8, 4) is 0 Å². The van der Waals surface area contributed by atoms with E-state index in [1.54, 1.807) is 0 Å². The first-order valence-electron chi connectivity index (χ1n) is 5.77. The van der Waals surface area contributed by atoms with Gasteiger partial charge in [-0.15, -0.1) is 11.6 Å². The summed E-state index contributed by atoms with van der Waals surface area (Å²) >= 11 is 5.97. The van der Waals surface area contributed by atoms with Crippen LogP contribution in [-0.2, 0) is 12.3 Å². The van der Waals surface area contributed by atoms with E-state index >= 15 is 0 Å². The summed E-state index contributed by atoms with van der Waals surface area (Å²) in [4.78, 5) is 0. The zero-order valence-corrected chi connectivity index (χ0v) is 10.9. The molecule has 15 heavy (non-hydrogen) atoms. The van der Waals surface area contributed by atoms with Crippen molar-refractivity contribution in [2.24, 2.45) is 5.92 Å². The Morgan fingerprint density at radius 3 is 2.27 bits per heavy atom. The Hall–Kier alpha value is -0.490. The van der Waals surface area contributed by atoms with E-state index in [0.29, 0.717) is 17.7 Å². The molecular weight excluding hydrogens is 204 g/mol. The standard InChI is InChI=1S/C14H21Cl/c1-5-12-6-7-13(8-14(12)9-15)11(4)10(2)3/h6-8,10-11H,5,9H2,1-4H3. The van der Waals surface area contributed by atoms with Crippen LogP contribution in [0.15, 0.2) is 18.2 Å². The molecule has 0 saturated carbocycles. The Morgan fingerprint density at radius 1 is 1.13 bits per heavy atom. The number of hydrogen-bond acceptors (Lipinski definition) is 0. The smallest absolute Gasteiger partial charge is 0.0476 e. The van der Waals surface area contributed by atoms with Crippen LogP contribution in [0.2, 0.25) is 0 Å². The predicted molar refractivity (Wildman–Crippen MR) is 68.6 cm³/mol. The molecule has 0 aliphatic rings. The van der Waals surface area contributed by atoms with Gasteiger partial charge in [-0.25, -0.2) is 0 Å². The molecule has 84 valence electrons. The molecule has 0 spiro atoms. The zero-order valence-electron chi connectivity index (χ0n) is 10.2. The molecule has 0 aliphatic carbocycles. The highest BCUT2D eigenvalue weighted by Crippen LogP contribution is 2.26. The van der Waals surface area contributed by atoms with Crippen molar-refractivity contribution in [3.63, 3.8) is 0 Å². The molecular formula is C14H21Cl. The van der Waals surface area contributed by atoms with Gasteiger partial charge in [0.1, 0.15) is 0 Å². The van der Waals surface area contributed by atoms with Crippen molar-refractivity contribution in [2.75, 3.05) is 0 Å². The van der Waals surface area contributed by atoms with E-state index < -0.39 is 0 Å². The van der Waals surface area contributed by atoms with E-state index in [9.17, 15) is 0 Å². The minimum Gasteiger partial charge on any atom is -0.122 e. The van der Waals surface area contributed by atoms with Gasteiger partial charge >= 0.3 is 0 Å². The van der Waals surface area contributed by atoms with Gasteiger partial charge in [-0.1, -0.05) is 45.9 Å². The van der Waals surface area contributed by atoms with Crippen molar-refractivity contribution in [1.82, 2.24) is 0 Å². The van der Waals surface area contributed by atoms with Gasteiger partial charge < -0.3 is 0 Å². The van der Waals surface area contributed by atoms with E-state index in [4.69, 9.17) is 11.6 Å². The van der Waals surface area contributed by atoms with Crippen LogP contribution in [0.4, 0.5) is 0 Å². The SMILES string of the molecule is CCc1ccc(C(C)C(C)C)cc1CCl. The lowest BCUT2D eigenvalue weighted by atomic mass is 9.88. The molecule has 0 heterocycles. The minimum atomic E-state index is 0.609. The summed E-state index contributed by atoms with van der Waals surface area (Å²) in [6.07, 6.45) is 1.07. The van der Waals surface area contributed by atoms with Gasteiger partial charge in [0.05, 0.1) is 0 Å². The normalized spacial score (nSPS) is 13.2. The number of aryl methyl sites for hydroxylation is 1. The van der Waals surface area contributed by atoms with Gasteiger partial charge in [-0.2, -0.15) is 0 Å². The van der Waals surface area contributed by atoms with Crippen molar-refractivity contribution in [2.45, 2.75) is 45.9 Å². The second-order valence-corrected chi connectivity index (χ2v) is 4.82. The molecule has 1 heteroatoms. The maximum absolute atomic E-state index is 5.97. The molecule has 0 aliphatic heterocycles. The number of halogens is 1.